The van der Waals surface area contributed by atoms with Crippen molar-refractivity contribution in [2.75, 3.05) is 12.0 Å². The second-order valence-electron chi connectivity index (χ2n) is 14.9. The fraction of sp³-hybridized carbons (Fsp3) is 0.188. The number of phenolic OH excluding ortho intramolecular Hbond substituents is 1. The molecule has 9 rings (SSSR count). The van der Waals surface area contributed by atoms with Crippen LogP contribution in [0.5, 0.6) is 11.5 Å². The zero-order valence-electron chi connectivity index (χ0n) is 30.5. The van der Waals surface area contributed by atoms with E-state index in [0.29, 0.717) is 39.3 Å². The molecule has 3 aliphatic carbocycles. The highest BCUT2D eigenvalue weighted by molar-refractivity contribution is 6.32. The topological polar surface area (TPSA) is 118 Å². The molecule has 5 aromatic carbocycles. The van der Waals surface area contributed by atoms with Gasteiger partial charge in [-0.15, -0.1) is 0 Å². The smallest absolute Gasteiger partial charge is 0.238 e. The number of ketones is 3. The van der Waals surface area contributed by atoms with Crippen molar-refractivity contribution >= 4 is 40.4 Å². The number of Topliss-reactive ketones (excluding diaryl/α,β-unsaturated/α-hetero) is 1. The number of hydrogen-bond acceptors (Lipinski definition) is 7. The molecule has 1 aliphatic heterocycles. The first kappa shape index (κ1) is 35.1. The molecule has 0 spiro atoms. The summed E-state index contributed by atoms with van der Waals surface area (Å²) in [6.45, 7) is 0. The summed E-state index contributed by atoms with van der Waals surface area (Å²) in [5.74, 6) is -5.29. The third kappa shape index (κ3) is 5.16. The molecule has 1 heterocycles. The fourth-order valence-electron chi connectivity index (χ4n) is 9.96. The number of hydrogen-bond donors (Lipinski definition) is 1. The Morgan fingerprint density at radius 3 is 2.05 bits per heavy atom. The van der Waals surface area contributed by atoms with Gasteiger partial charge in [0.25, 0.3) is 0 Å². The Labute approximate surface area is 323 Å². The normalized spacial score (nSPS) is 25.4. The van der Waals surface area contributed by atoms with Crippen LogP contribution in [0.4, 0.5) is 5.69 Å². The molecule has 1 N–H and O–H groups in total. The minimum absolute atomic E-state index is 0.106. The average Bonchev–Trinajstić information content (AvgIpc) is 3.50. The molecule has 0 radical (unpaired) electrons. The first-order valence-corrected chi connectivity index (χ1v) is 18.8. The number of ether oxygens (including phenoxy) is 1. The van der Waals surface area contributed by atoms with Crippen molar-refractivity contribution in [3.63, 3.8) is 0 Å². The van der Waals surface area contributed by atoms with Gasteiger partial charge in [0.1, 0.15) is 11.5 Å². The standard InChI is InChI=1S/C48H37NO7/c1-56-39-19-11-18-38(50)42(39)43-33-24-25-34-41(47(55)49(46(34)54)32-22-20-30(21-23-32)44(52)29-14-7-3-8-15-29)36(33)26-37-45(53)35(28-12-5-2-6-13-28)27-40(51)48(37,43)31-16-9-4-10-17-31/h2-24,27,34,36-37,41,43,50H,25-26H2,1H3. The van der Waals surface area contributed by atoms with Gasteiger partial charge in [0.05, 0.1) is 30.0 Å². The number of carbonyl (C=O) groups excluding carboxylic acids is 5. The number of fused-ring (bicyclic) bond motifs is 4. The second kappa shape index (κ2) is 13.6. The van der Waals surface area contributed by atoms with Crippen LogP contribution in [-0.4, -0.2) is 41.4 Å². The minimum atomic E-state index is -1.51. The van der Waals surface area contributed by atoms with Gasteiger partial charge in [-0.3, -0.25) is 28.9 Å². The number of carbonyl (C=O) groups is 5. The van der Waals surface area contributed by atoms with E-state index in [1.165, 1.54) is 18.1 Å². The van der Waals surface area contributed by atoms with Gasteiger partial charge in [0, 0.05) is 34.1 Å². The maximum absolute atomic E-state index is 15.3. The quantitative estimate of drug-likeness (QED) is 0.104. The summed E-state index contributed by atoms with van der Waals surface area (Å²) >= 11 is 0. The summed E-state index contributed by atoms with van der Waals surface area (Å²) in [6, 6.07) is 38.6. The predicted octanol–water partition coefficient (Wildman–Crippen LogP) is 7.66. The van der Waals surface area contributed by atoms with E-state index >= 15 is 9.59 Å². The zero-order chi connectivity index (χ0) is 38.7. The Morgan fingerprint density at radius 1 is 0.732 bits per heavy atom. The summed E-state index contributed by atoms with van der Waals surface area (Å²) in [4.78, 5) is 73.9. The molecule has 1 saturated carbocycles. The number of amides is 2. The van der Waals surface area contributed by atoms with Gasteiger partial charge in [0.2, 0.25) is 11.8 Å². The third-order valence-corrected chi connectivity index (χ3v) is 12.4. The molecule has 1 saturated heterocycles. The monoisotopic (exact) mass is 739 g/mol. The summed E-state index contributed by atoms with van der Waals surface area (Å²) in [7, 11) is 1.49. The van der Waals surface area contributed by atoms with Crippen molar-refractivity contribution in [2.45, 2.75) is 24.2 Å². The average molecular weight is 740 g/mol. The number of allylic oxidation sites excluding steroid dienone is 4. The molecule has 0 aromatic heterocycles. The molecule has 0 bridgehead atoms. The lowest BCUT2D eigenvalue weighted by molar-refractivity contribution is -0.135. The molecular weight excluding hydrogens is 703 g/mol. The van der Waals surface area contributed by atoms with Crippen molar-refractivity contribution < 1.29 is 33.8 Å². The van der Waals surface area contributed by atoms with Gasteiger partial charge in [-0.2, -0.15) is 0 Å². The number of aromatic hydroxyl groups is 1. The van der Waals surface area contributed by atoms with Crippen molar-refractivity contribution in [1.29, 1.82) is 0 Å². The zero-order valence-corrected chi connectivity index (χ0v) is 30.5. The van der Waals surface area contributed by atoms with Crippen LogP contribution in [0.2, 0.25) is 0 Å². The van der Waals surface area contributed by atoms with Gasteiger partial charge < -0.3 is 9.84 Å². The molecule has 2 fully saturated rings. The number of nitrogens with zero attached hydrogens (tertiary/aromatic N) is 1. The lowest BCUT2D eigenvalue weighted by Gasteiger charge is -2.55. The lowest BCUT2D eigenvalue weighted by atomic mass is 9.44. The van der Waals surface area contributed by atoms with Crippen LogP contribution in [-0.2, 0) is 24.6 Å². The Morgan fingerprint density at radius 2 is 1.38 bits per heavy atom. The van der Waals surface area contributed by atoms with Crippen LogP contribution in [0.1, 0.15) is 51.4 Å². The number of imide groups is 1. The maximum Gasteiger partial charge on any atom is 0.238 e. The van der Waals surface area contributed by atoms with E-state index in [2.05, 4.69) is 0 Å². The number of rotatable bonds is 7. The van der Waals surface area contributed by atoms with E-state index in [4.69, 9.17) is 4.74 Å². The number of benzene rings is 5. The SMILES string of the molecule is COc1cccc(O)c1C1C2=CCC3C(=O)N(c4ccc(C(=O)c5ccccc5)cc4)C(=O)C3C2CC2C(=O)C(c3ccccc3)=CC(=O)C21c1ccccc1. The highest BCUT2D eigenvalue weighted by atomic mass is 16.5. The highest BCUT2D eigenvalue weighted by Gasteiger charge is 2.66. The maximum atomic E-state index is 15.3. The van der Waals surface area contributed by atoms with Crippen molar-refractivity contribution in [1.82, 2.24) is 0 Å². The molecule has 4 aliphatic rings. The van der Waals surface area contributed by atoms with Crippen LogP contribution in [0.15, 0.2) is 151 Å². The van der Waals surface area contributed by atoms with E-state index in [1.807, 2.05) is 60.7 Å². The van der Waals surface area contributed by atoms with Crippen molar-refractivity contribution in [2.24, 2.45) is 23.7 Å². The summed E-state index contributed by atoms with van der Waals surface area (Å²) in [6.07, 6.45) is 3.75. The predicted molar refractivity (Wildman–Crippen MR) is 210 cm³/mol. The van der Waals surface area contributed by atoms with E-state index in [0.717, 1.165) is 5.57 Å². The van der Waals surface area contributed by atoms with Gasteiger partial charge in [-0.25, -0.2) is 0 Å². The molecule has 56 heavy (non-hydrogen) atoms. The first-order chi connectivity index (χ1) is 27.2. The van der Waals surface area contributed by atoms with E-state index in [9.17, 15) is 19.5 Å². The first-order valence-electron chi connectivity index (χ1n) is 18.8. The van der Waals surface area contributed by atoms with E-state index < -0.39 is 40.9 Å². The van der Waals surface area contributed by atoms with Gasteiger partial charge in [-0.05, 0) is 72.4 Å². The van der Waals surface area contributed by atoms with Crippen LogP contribution >= 0.6 is 0 Å². The third-order valence-electron chi connectivity index (χ3n) is 12.4. The fourth-order valence-corrected chi connectivity index (χ4v) is 9.96. The van der Waals surface area contributed by atoms with Crippen LogP contribution in [0.3, 0.4) is 0 Å². The van der Waals surface area contributed by atoms with Crippen molar-refractivity contribution in [3.05, 3.63) is 179 Å². The molecule has 8 nitrogen and oxygen atoms in total. The highest BCUT2D eigenvalue weighted by Crippen LogP contribution is 2.65. The molecule has 5 aromatic rings. The van der Waals surface area contributed by atoms with Gasteiger partial charge in [0.15, 0.2) is 17.3 Å². The van der Waals surface area contributed by atoms with Gasteiger partial charge in [-0.1, -0.05) is 109 Å². The molecule has 8 heteroatoms. The Hall–Kier alpha value is -6.67. The number of methoxy groups -OCH3 is 1. The Bertz CT molecular complexity index is 2490. The second-order valence-corrected chi connectivity index (χ2v) is 14.9. The molecule has 276 valence electrons. The Balaban J connectivity index is 1.19. The van der Waals surface area contributed by atoms with Crippen LogP contribution < -0.4 is 9.64 Å². The Kier molecular flexibility index (Phi) is 8.49. The molecule has 6 atom stereocenters. The minimum Gasteiger partial charge on any atom is -0.508 e. The summed E-state index contributed by atoms with van der Waals surface area (Å²) < 4.78 is 5.87. The molecule has 2 amide bonds. The van der Waals surface area contributed by atoms with Crippen LogP contribution in [0, 0.1) is 23.7 Å². The molecule has 6 unspecified atom stereocenters. The summed E-state index contributed by atoms with van der Waals surface area (Å²) in [5, 5.41) is 11.7. The van der Waals surface area contributed by atoms with Crippen LogP contribution in [0.25, 0.3) is 5.57 Å². The largest absolute Gasteiger partial charge is 0.508 e. The lowest BCUT2D eigenvalue weighted by Crippen LogP contribution is -2.58. The molecular formula is C48H37NO7. The summed E-state index contributed by atoms with van der Waals surface area (Å²) in [5.41, 5.74) is 2.38. The number of phenols is 1. The number of anilines is 1. The van der Waals surface area contributed by atoms with Gasteiger partial charge >= 0.3 is 0 Å². The van der Waals surface area contributed by atoms with E-state index in [-0.39, 0.29) is 47.4 Å². The van der Waals surface area contributed by atoms with Crippen molar-refractivity contribution in [3.8, 4) is 11.5 Å². The van der Waals surface area contributed by atoms with E-state index in [1.54, 1.807) is 78.9 Å².